The van der Waals surface area contributed by atoms with Gasteiger partial charge < -0.3 is 15.7 Å². The van der Waals surface area contributed by atoms with Crippen molar-refractivity contribution in [2.45, 2.75) is 0 Å². The van der Waals surface area contributed by atoms with Crippen LogP contribution < -0.4 is 10.6 Å². The van der Waals surface area contributed by atoms with Crippen molar-refractivity contribution in [2.75, 3.05) is 10.6 Å². The SMILES string of the molecule is Cn1ncc(NC(=S)Nc2cc(Cl)ccc2Cl)c1C(=O)O. The van der Waals surface area contributed by atoms with E-state index in [4.69, 9.17) is 40.5 Å². The maximum atomic E-state index is 11.1. The summed E-state index contributed by atoms with van der Waals surface area (Å²) in [6.45, 7) is 0. The maximum Gasteiger partial charge on any atom is 0.356 e. The number of hydrogen-bond donors (Lipinski definition) is 3. The molecule has 21 heavy (non-hydrogen) atoms. The molecule has 2 aromatic rings. The molecule has 3 N–H and O–H groups in total. The zero-order valence-corrected chi connectivity index (χ0v) is 13.1. The third-order valence-corrected chi connectivity index (χ3v) is 3.33. The van der Waals surface area contributed by atoms with Gasteiger partial charge in [-0.3, -0.25) is 4.68 Å². The van der Waals surface area contributed by atoms with E-state index in [-0.39, 0.29) is 16.5 Å². The van der Waals surface area contributed by atoms with Crippen LogP contribution in [-0.4, -0.2) is 26.0 Å². The number of aromatic nitrogens is 2. The van der Waals surface area contributed by atoms with Gasteiger partial charge >= 0.3 is 5.97 Å². The van der Waals surface area contributed by atoms with Crippen LogP contribution in [0.2, 0.25) is 10.0 Å². The number of carboxylic acid groups (broad SMARTS) is 1. The van der Waals surface area contributed by atoms with Gasteiger partial charge in [-0.25, -0.2) is 4.79 Å². The monoisotopic (exact) mass is 344 g/mol. The summed E-state index contributed by atoms with van der Waals surface area (Å²) in [7, 11) is 1.53. The van der Waals surface area contributed by atoms with E-state index in [1.165, 1.54) is 17.9 Å². The minimum Gasteiger partial charge on any atom is -0.476 e. The molecule has 1 aromatic carbocycles. The van der Waals surface area contributed by atoms with Crippen molar-refractivity contribution in [3.8, 4) is 0 Å². The number of carbonyl (C=O) groups is 1. The summed E-state index contributed by atoms with van der Waals surface area (Å²) in [5.41, 5.74) is 0.791. The fourth-order valence-electron chi connectivity index (χ4n) is 1.65. The molecule has 0 aliphatic carbocycles. The molecule has 0 fully saturated rings. The van der Waals surface area contributed by atoms with Crippen LogP contribution in [0.4, 0.5) is 11.4 Å². The van der Waals surface area contributed by atoms with E-state index in [1.54, 1.807) is 18.2 Å². The lowest BCUT2D eigenvalue weighted by atomic mass is 10.3. The number of anilines is 2. The molecule has 110 valence electrons. The van der Waals surface area contributed by atoms with E-state index in [0.717, 1.165) is 0 Å². The van der Waals surface area contributed by atoms with Gasteiger partial charge in [0.15, 0.2) is 10.8 Å². The first-order chi connectivity index (χ1) is 9.88. The molecule has 0 spiro atoms. The molecule has 2 rings (SSSR count). The Morgan fingerprint density at radius 3 is 2.67 bits per heavy atom. The van der Waals surface area contributed by atoms with Gasteiger partial charge in [0.1, 0.15) is 0 Å². The van der Waals surface area contributed by atoms with Crippen molar-refractivity contribution in [3.05, 3.63) is 40.1 Å². The number of carboxylic acids is 1. The van der Waals surface area contributed by atoms with Gasteiger partial charge in [0.25, 0.3) is 0 Å². The Kier molecular flexibility index (Phi) is 4.66. The number of benzene rings is 1. The fourth-order valence-corrected chi connectivity index (χ4v) is 2.21. The molecule has 0 saturated heterocycles. The van der Waals surface area contributed by atoms with E-state index < -0.39 is 5.97 Å². The molecule has 6 nitrogen and oxygen atoms in total. The van der Waals surface area contributed by atoms with E-state index >= 15 is 0 Å². The number of halogens is 2. The Bertz CT molecular complexity index is 717. The van der Waals surface area contributed by atoms with Crippen molar-refractivity contribution in [2.24, 2.45) is 7.05 Å². The van der Waals surface area contributed by atoms with Crippen molar-refractivity contribution in [3.63, 3.8) is 0 Å². The Morgan fingerprint density at radius 1 is 1.33 bits per heavy atom. The highest BCUT2D eigenvalue weighted by molar-refractivity contribution is 7.80. The summed E-state index contributed by atoms with van der Waals surface area (Å²) in [6.07, 6.45) is 1.37. The average Bonchev–Trinajstić information content (AvgIpc) is 2.75. The molecular weight excluding hydrogens is 335 g/mol. The molecule has 0 aliphatic heterocycles. The van der Waals surface area contributed by atoms with Crippen LogP contribution in [0, 0.1) is 0 Å². The topological polar surface area (TPSA) is 79.2 Å². The van der Waals surface area contributed by atoms with Crippen LogP contribution in [0.1, 0.15) is 10.5 Å². The van der Waals surface area contributed by atoms with Crippen LogP contribution in [0.25, 0.3) is 0 Å². The quantitative estimate of drug-likeness (QED) is 0.742. The number of thiocarbonyl (C=S) groups is 1. The largest absolute Gasteiger partial charge is 0.476 e. The molecule has 0 amide bonds. The van der Waals surface area contributed by atoms with Gasteiger partial charge in [0.05, 0.1) is 22.6 Å². The van der Waals surface area contributed by atoms with Crippen molar-refractivity contribution in [1.29, 1.82) is 0 Å². The second-order valence-corrected chi connectivity index (χ2v) is 5.29. The Morgan fingerprint density at radius 2 is 2.00 bits per heavy atom. The highest BCUT2D eigenvalue weighted by Crippen LogP contribution is 2.25. The summed E-state index contributed by atoms with van der Waals surface area (Å²) >= 11 is 17.0. The Labute approximate surface area is 135 Å². The molecule has 0 aliphatic rings. The minimum absolute atomic E-state index is 0.00339. The average molecular weight is 345 g/mol. The molecule has 1 heterocycles. The van der Waals surface area contributed by atoms with Crippen LogP contribution in [-0.2, 0) is 7.05 Å². The number of hydrogen-bond acceptors (Lipinski definition) is 3. The fraction of sp³-hybridized carbons (Fsp3) is 0.0833. The first kappa shape index (κ1) is 15.6. The summed E-state index contributed by atoms with van der Waals surface area (Å²) in [5, 5.41) is 19.7. The predicted octanol–water partition coefficient (Wildman–Crippen LogP) is 3.23. The number of aromatic carboxylic acids is 1. The van der Waals surface area contributed by atoms with Crippen LogP contribution in [0.15, 0.2) is 24.4 Å². The van der Waals surface area contributed by atoms with Gasteiger partial charge in [-0.05, 0) is 30.4 Å². The minimum atomic E-state index is -1.11. The lowest BCUT2D eigenvalue weighted by Crippen LogP contribution is -2.21. The predicted molar refractivity (Wildman–Crippen MR) is 86.5 cm³/mol. The van der Waals surface area contributed by atoms with E-state index in [9.17, 15) is 4.79 Å². The molecular formula is C12H10Cl2N4O2S. The molecule has 0 radical (unpaired) electrons. The highest BCUT2D eigenvalue weighted by atomic mass is 35.5. The van der Waals surface area contributed by atoms with Crippen molar-refractivity contribution in [1.82, 2.24) is 9.78 Å². The molecule has 9 heteroatoms. The first-order valence-electron chi connectivity index (χ1n) is 5.67. The molecule has 0 atom stereocenters. The lowest BCUT2D eigenvalue weighted by molar-refractivity contribution is 0.0686. The smallest absolute Gasteiger partial charge is 0.356 e. The molecule has 1 aromatic heterocycles. The second kappa shape index (κ2) is 6.30. The summed E-state index contributed by atoms with van der Waals surface area (Å²) in [6, 6.07) is 4.88. The highest BCUT2D eigenvalue weighted by Gasteiger charge is 2.16. The number of nitrogens with one attached hydrogen (secondary N) is 2. The number of aryl methyl sites for hydroxylation is 1. The zero-order valence-electron chi connectivity index (χ0n) is 10.7. The molecule has 0 saturated carbocycles. The van der Waals surface area contributed by atoms with E-state index in [1.807, 2.05) is 0 Å². The van der Waals surface area contributed by atoms with Gasteiger partial charge in [-0.2, -0.15) is 5.10 Å². The summed E-state index contributed by atoms with van der Waals surface area (Å²) < 4.78 is 1.24. The van der Waals surface area contributed by atoms with Crippen LogP contribution >= 0.6 is 35.4 Å². The third-order valence-electron chi connectivity index (χ3n) is 2.57. The number of rotatable bonds is 3. The van der Waals surface area contributed by atoms with Gasteiger partial charge in [-0.15, -0.1) is 0 Å². The zero-order chi connectivity index (χ0) is 15.6. The molecule has 0 unspecified atom stereocenters. The summed E-state index contributed by atoms with van der Waals surface area (Å²) in [4.78, 5) is 11.1. The van der Waals surface area contributed by atoms with Gasteiger partial charge in [0, 0.05) is 12.1 Å². The first-order valence-corrected chi connectivity index (χ1v) is 6.83. The Balaban J connectivity index is 2.16. The summed E-state index contributed by atoms with van der Waals surface area (Å²) in [5.74, 6) is -1.11. The lowest BCUT2D eigenvalue weighted by Gasteiger charge is -2.11. The van der Waals surface area contributed by atoms with Crippen LogP contribution in [0.5, 0.6) is 0 Å². The maximum absolute atomic E-state index is 11.1. The number of nitrogens with zero attached hydrogens (tertiary/aromatic N) is 2. The van der Waals surface area contributed by atoms with E-state index in [0.29, 0.717) is 15.7 Å². The van der Waals surface area contributed by atoms with Gasteiger partial charge in [-0.1, -0.05) is 23.2 Å². The van der Waals surface area contributed by atoms with Crippen LogP contribution in [0.3, 0.4) is 0 Å². The standard InChI is InChI=1S/C12H10Cl2N4O2S/c1-18-10(11(19)20)9(5-15-18)17-12(21)16-8-4-6(13)2-3-7(8)14/h2-5H,1H3,(H,19,20)(H2,16,17,21). The second-order valence-electron chi connectivity index (χ2n) is 4.04. The Hall–Kier alpha value is -1.83. The normalized spacial score (nSPS) is 10.2. The third kappa shape index (κ3) is 3.63. The van der Waals surface area contributed by atoms with Crippen molar-refractivity contribution >= 4 is 57.9 Å². The van der Waals surface area contributed by atoms with Gasteiger partial charge in [0.2, 0.25) is 0 Å². The van der Waals surface area contributed by atoms with E-state index in [2.05, 4.69) is 15.7 Å². The van der Waals surface area contributed by atoms with Crippen molar-refractivity contribution < 1.29 is 9.90 Å². The molecule has 0 bridgehead atoms.